The van der Waals surface area contributed by atoms with Crippen LogP contribution in [0.5, 0.6) is 5.75 Å². The van der Waals surface area contributed by atoms with Gasteiger partial charge in [-0.1, -0.05) is 0 Å². The molecule has 0 amide bonds. The zero-order chi connectivity index (χ0) is 25.3. The van der Waals surface area contributed by atoms with Gasteiger partial charge in [-0.2, -0.15) is 0 Å². The van der Waals surface area contributed by atoms with E-state index in [1.54, 1.807) is 0 Å². The zero-order valence-corrected chi connectivity index (χ0v) is 24.2. The van der Waals surface area contributed by atoms with E-state index in [9.17, 15) is 0 Å². The van der Waals surface area contributed by atoms with Gasteiger partial charge in [0.05, 0.1) is 0 Å². The van der Waals surface area contributed by atoms with Crippen LogP contribution in [0, 0.1) is 5.92 Å². The van der Waals surface area contributed by atoms with Crippen LogP contribution in [-0.2, 0) is 23.2 Å². The first-order valence-electron chi connectivity index (χ1n) is 12.3. The van der Waals surface area contributed by atoms with E-state index in [1.165, 1.54) is 41.1 Å². The van der Waals surface area contributed by atoms with E-state index in [2.05, 4.69) is 121 Å². The first kappa shape index (κ1) is 25.9. The van der Waals surface area contributed by atoms with Crippen molar-refractivity contribution < 1.29 is 21.1 Å². The van der Waals surface area contributed by atoms with Crippen molar-refractivity contribution in [1.29, 1.82) is 0 Å². The van der Waals surface area contributed by atoms with Gasteiger partial charge in [-0.3, -0.25) is 0 Å². The number of hydrogen-bond donors (Lipinski definition) is 0. The average molecular weight is 519 g/mol. The second-order valence-electron chi connectivity index (χ2n) is 10.5. The fraction of sp³-hybridized carbons (Fsp3) is 0.281. The van der Waals surface area contributed by atoms with Crippen LogP contribution in [0.1, 0.15) is 65.2 Å². The molecule has 0 aliphatic heterocycles. The van der Waals surface area contributed by atoms with Crippen molar-refractivity contribution >= 4 is 15.4 Å². The summed E-state index contributed by atoms with van der Waals surface area (Å²) >= 11 is 4.07. The molecule has 1 unspecified atom stereocenters. The molecule has 0 aromatic heterocycles. The molecule has 4 rings (SSSR count). The van der Waals surface area contributed by atoms with Crippen molar-refractivity contribution in [2.75, 3.05) is 0 Å². The molecule has 0 fully saturated rings. The summed E-state index contributed by atoms with van der Waals surface area (Å²) in [5.74, 6) is 1.24. The molecule has 0 bridgehead atoms. The Labute approximate surface area is 222 Å². The Kier molecular flexibility index (Phi) is 7.72. The number of hydrogen-bond acceptors (Lipinski definition) is 1. The fourth-order valence-corrected chi connectivity index (χ4v) is 9.43. The first-order chi connectivity index (χ1) is 16.6. The van der Waals surface area contributed by atoms with Crippen molar-refractivity contribution in [1.82, 2.24) is 0 Å². The van der Waals surface area contributed by atoms with E-state index in [0.29, 0.717) is 5.92 Å². The Morgan fingerprint density at radius 1 is 0.800 bits per heavy atom. The van der Waals surface area contributed by atoms with Crippen LogP contribution < -0.4 is 3.32 Å². The van der Waals surface area contributed by atoms with Crippen LogP contribution in [0.2, 0.25) is 5.02 Å². The first-order valence-corrected chi connectivity index (χ1v) is 14.9. The molecule has 35 heavy (non-hydrogen) atoms. The van der Waals surface area contributed by atoms with Gasteiger partial charge in [0.1, 0.15) is 0 Å². The molecular weight excluding hydrogens is 484 g/mol. The number of allylic oxidation sites excluding steroid dienone is 4. The van der Waals surface area contributed by atoms with Gasteiger partial charge in [-0.25, -0.2) is 0 Å². The normalized spacial score (nSPS) is 16.1. The summed E-state index contributed by atoms with van der Waals surface area (Å²) < 4.78 is 10.0. The van der Waals surface area contributed by atoms with Gasteiger partial charge < -0.3 is 0 Å². The molecule has 3 aromatic carbocycles. The van der Waals surface area contributed by atoms with E-state index in [-0.39, 0.29) is 5.41 Å². The molecule has 1 atom stereocenters. The Bertz CT molecular complexity index is 1280. The van der Waals surface area contributed by atoms with Crippen LogP contribution in [-0.4, -0.2) is 3.81 Å². The van der Waals surface area contributed by atoms with Crippen molar-refractivity contribution in [2.45, 2.75) is 53.9 Å². The summed E-state index contributed by atoms with van der Waals surface area (Å²) in [5.41, 5.74) is 7.90. The molecule has 0 radical (unpaired) electrons. The summed E-state index contributed by atoms with van der Waals surface area (Å²) in [6, 6.07) is 27.8. The Balaban J connectivity index is 2.03. The molecule has 0 N–H and O–H groups in total. The SMILES string of the molecule is CC1=C(C)C(C)[C]([Ti]([O]c2cc(Cl)cc(C(C)(C)C)c2)=[C](c2ccccc2)c2ccccc2)=C1C. The van der Waals surface area contributed by atoms with Crippen LogP contribution in [0.15, 0.2) is 99.5 Å². The van der Waals surface area contributed by atoms with E-state index in [4.69, 9.17) is 14.9 Å². The van der Waals surface area contributed by atoms with Crippen molar-refractivity contribution in [3.63, 3.8) is 0 Å². The van der Waals surface area contributed by atoms with E-state index in [0.717, 1.165) is 10.8 Å². The monoisotopic (exact) mass is 518 g/mol. The van der Waals surface area contributed by atoms with Crippen LogP contribution >= 0.6 is 11.6 Å². The molecule has 0 saturated carbocycles. The van der Waals surface area contributed by atoms with Gasteiger partial charge in [0.15, 0.2) is 0 Å². The van der Waals surface area contributed by atoms with Crippen molar-refractivity contribution in [3.8, 4) is 5.75 Å². The summed E-state index contributed by atoms with van der Waals surface area (Å²) in [6.07, 6.45) is 0. The molecule has 3 aromatic rings. The minimum atomic E-state index is -2.56. The van der Waals surface area contributed by atoms with E-state index < -0.39 is 17.8 Å². The molecule has 180 valence electrons. The van der Waals surface area contributed by atoms with Crippen molar-refractivity contribution in [3.05, 3.63) is 121 Å². The Morgan fingerprint density at radius 3 is 1.80 bits per heavy atom. The summed E-state index contributed by atoms with van der Waals surface area (Å²) in [4.78, 5) is 0. The summed E-state index contributed by atoms with van der Waals surface area (Å²) in [5, 5.41) is 0.724. The second-order valence-corrected chi connectivity index (χ2v) is 13.9. The van der Waals surface area contributed by atoms with Crippen LogP contribution in [0.25, 0.3) is 0 Å². The van der Waals surface area contributed by atoms with Gasteiger partial charge >= 0.3 is 223 Å². The number of halogens is 1. The molecular formula is C32H35ClOTi. The standard InChI is InChI=1S/C13H10.C10H13ClO.C9H13.Ti/c1-3-7-12(8-4-1)11-13-9-5-2-6-10-13;1-10(2,3)7-4-8(11)6-9(12)5-7;1-6-5-7(2)9(4)8(6)3;/h1-10H;4-6,12H,1-3H3;6H,1-4H3;/q;;;+1/p-1. The van der Waals surface area contributed by atoms with Crippen LogP contribution in [0.4, 0.5) is 0 Å². The van der Waals surface area contributed by atoms with Gasteiger partial charge in [0.2, 0.25) is 0 Å². The maximum absolute atomic E-state index is 7.18. The quantitative estimate of drug-likeness (QED) is 0.306. The summed E-state index contributed by atoms with van der Waals surface area (Å²) in [7, 11) is 0. The predicted molar refractivity (Wildman–Crippen MR) is 147 cm³/mol. The molecule has 1 nitrogen and oxygen atoms in total. The molecule has 0 saturated heterocycles. The minimum absolute atomic E-state index is 0.0147. The van der Waals surface area contributed by atoms with E-state index >= 15 is 0 Å². The molecule has 1 aliphatic carbocycles. The zero-order valence-electron chi connectivity index (χ0n) is 21.9. The maximum atomic E-state index is 7.18. The third kappa shape index (κ3) is 5.48. The summed E-state index contributed by atoms with van der Waals surface area (Å²) in [6.45, 7) is 15.8. The number of benzene rings is 3. The van der Waals surface area contributed by atoms with Crippen molar-refractivity contribution in [2.24, 2.45) is 5.92 Å². The Morgan fingerprint density at radius 2 is 1.34 bits per heavy atom. The molecule has 0 heterocycles. The van der Waals surface area contributed by atoms with Gasteiger partial charge in [-0.05, 0) is 0 Å². The topological polar surface area (TPSA) is 9.23 Å². The molecule has 3 heteroatoms. The Hall–Kier alpha value is -2.19. The van der Waals surface area contributed by atoms with Gasteiger partial charge in [0, 0.05) is 0 Å². The van der Waals surface area contributed by atoms with Gasteiger partial charge in [0.25, 0.3) is 0 Å². The third-order valence-corrected chi connectivity index (χ3v) is 11.7. The number of rotatable bonds is 5. The third-order valence-electron chi connectivity index (χ3n) is 7.19. The average Bonchev–Trinajstić information content (AvgIpc) is 3.01. The van der Waals surface area contributed by atoms with Gasteiger partial charge in [-0.15, -0.1) is 0 Å². The molecule has 1 aliphatic rings. The molecule has 0 spiro atoms. The van der Waals surface area contributed by atoms with Crippen LogP contribution in [0.3, 0.4) is 0 Å². The fourth-order valence-electron chi connectivity index (χ4n) is 4.78. The predicted octanol–water partition coefficient (Wildman–Crippen LogP) is 9.08. The second kappa shape index (κ2) is 10.4. The van der Waals surface area contributed by atoms with E-state index in [1.807, 2.05) is 6.07 Å².